The molecule has 0 radical (unpaired) electrons. The molecule has 0 fully saturated rings. The van der Waals surface area contributed by atoms with Gasteiger partial charge in [0.05, 0.1) is 12.5 Å². The van der Waals surface area contributed by atoms with Gasteiger partial charge in [-0.05, 0) is 48.2 Å². The largest absolute Gasteiger partial charge is 0.492 e. The third-order valence-electron chi connectivity index (χ3n) is 5.23. The molecule has 2 aromatic carbocycles. The summed E-state index contributed by atoms with van der Waals surface area (Å²) in [7, 11) is 0. The number of hydrogen-bond acceptors (Lipinski definition) is 5. The van der Waals surface area contributed by atoms with E-state index in [2.05, 4.69) is 0 Å². The molecule has 0 saturated carbocycles. The fraction of sp³-hybridized carbons (Fsp3) is 0.273. The number of aryl methyl sites for hydroxylation is 2. The predicted octanol–water partition coefficient (Wildman–Crippen LogP) is 4.17. The van der Waals surface area contributed by atoms with Gasteiger partial charge in [0, 0.05) is 16.4 Å². The number of rotatable bonds is 4. The number of benzene rings is 2. The molecule has 2 aromatic rings. The maximum absolute atomic E-state index is 11.4. The molecule has 0 N–H and O–H groups in total. The molecular weight excluding hydrogens is 354 g/mol. The molecule has 0 spiro atoms. The molecule has 1 aliphatic heterocycles. The molecule has 2 atom stereocenters. The molecule has 0 bridgehead atoms. The van der Waals surface area contributed by atoms with Crippen LogP contribution in [-0.2, 0) is 0 Å². The van der Waals surface area contributed by atoms with Crippen LogP contribution in [-0.4, -0.2) is 18.1 Å². The normalized spacial score (nSPS) is 16.1. The first-order valence-corrected chi connectivity index (χ1v) is 8.91. The van der Waals surface area contributed by atoms with Crippen LogP contribution in [0.3, 0.4) is 0 Å². The van der Waals surface area contributed by atoms with Crippen LogP contribution in [0, 0.1) is 52.5 Å². The van der Waals surface area contributed by atoms with Crippen molar-refractivity contribution >= 4 is 5.57 Å². The molecule has 1 heterocycles. The highest BCUT2D eigenvalue weighted by Gasteiger charge is 2.37. The van der Waals surface area contributed by atoms with Crippen LogP contribution in [0.15, 0.2) is 48.0 Å². The number of ether oxygens (including phenoxy) is 1. The molecule has 2 unspecified atom stereocenters. The molecule has 1 aliphatic rings. The smallest absolute Gasteiger partial charge is 0.211 e. The van der Waals surface area contributed by atoms with E-state index in [0.717, 1.165) is 16.7 Å². The lowest BCUT2D eigenvalue weighted by atomic mass is 9.75. The Balaban J connectivity index is 2.22. The zero-order valence-corrected chi connectivity index (χ0v) is 15.7. The minimum Gasteiger partial charge on any atom is -0.492 e. The number of nitriles is 2. The Morgan fingerprint density at radius 3 is 2.46 bits per heavy atom. The number of allylic oxidation sites excluding steroid dienone is 1. The van der Waals surface area contributed by atoms with E-state index in [1.807, 2.05) is 68.5 Å². The molecule has 0 saturated heterocycles. The Labute approximate surface area is 163 Å². The molecule has 6 nitrogen and oxygen atoms in total. The summed E-state index contributed by atoms with van der Waals surface area (Å²) in [6.07, 6.45) is 0. The van der Waals surface area contributed by atoms with Crippen LogP contribution in [0.2, 0.25) is 0 Å². The summed E-state index contributed by atoms with van der Waals surface area (Å²) in [4.78, 5) is 11.0. The van der Waals surface area contributed by atoms with E-state index in [9.17, 15) is 20.6 Å². The van der Waals surface area contributed by atoms with E-state index in [0.29, 0.717) is 16.9 Å². The van der Waals surface area contributed by atoms with E-state index in [1.54, 1.807) is 0 Å². The van der Waals surface area contributed by atoms with Gasteiger partial charge in [-0.1, -0.05) is 30.3 Å². The van der Waals surface area contributed by atoms with Gasteiger partial charge in [-0.15, -0.1) is 0 Å². The zero-order chi connectivity index (χ0) is 20.3. The number of hydrogen-bond donors (Lipinski definition) is 0. The summed E-state index contributed by atoms with van der Waals surface area (Å²) < 4.78 is 5.95. The highest BCUT2D eigenvalue weighted by atomic mass is 16.6. The Kier molecular flexibility index (Phi) is 5.42. The second-order valence-corrected chi connectivity index (χ2v) is 6.89. The maximum atomic E-state index is 11.4. The van der Waals surface area contributed by atoms with Crippen LogP contribution in [0.4, 0.5) is 0 Å². The van der Waals surface area contributed by atoms with Gasteiger partial charge in [0.1, 0.15) is 23.5 Å². The molecular formula is C22H19N3O3. The van der Waals surface area contributed by atoms with Crippen LogP contribution in [0.5, 0.6) is 5.75 Å². The molecule has 0 aromatic heterocycles. The first-order valence-electron chi connectivity index (χ1n) is 8.91. The number of nitrogens with zero attached hydrogens (tertiary/aromatic N) is 3. The van der Waals surface area contributed by atoms with Gasteiger partial charge >= 0.3 is 0 Å². The monoisotopic (exact) mass is 373 g/mol. The Morgan fingerprint density at radius 1 is 1.21 bits per heavy atom. The summed E-state index contributed by atoms with van der Waals surface area (Å²) in [6.45, 7) is 3.77. The average molecular weight is 373 g/mol. The molecule has 140 valence electrons. The first kappa shape index (κ1) is 19.1. The van der Waals surface area contributed by atoms with E-state index < -0.39 is 11.8 Å². The molecule has 3 rings (SSSR count). The summed E-state index contributed by atoms with van der Waals surface area (Å²) in [6, 6.07) is 16.9. The van der Waals surface area contributed by atoms with Gasteiger partial charge in [-0.25, -0.2) is 0 Å². The Bertz CT molecular complexity index is 1010. The van der Waals surface area contributed by atoms with Crippen LogP contribution in [0.25, 0.3) is 5.57 Å². The Morgan fingerprint density at radius 2 is 1.86 bits per heavy atom. The van der Waals surface area contributed by atoms with E-state index in [1.165, 1.54) is 0 Å². The van der Waals surface area contributed by atoms with Crippen LogP contribution in [0.1, 0.15) is 28.2 Å². The van der Waals surface area contributed by atoms with Gasteiger partial charge in [0.15, 0.2) is 0 Å². The lowest BCUT2D eigenvalue weighted by molar-refractivity contribution is -0.484. The van der Waals surface area contributed by atoms with E-state index in [-0.39, 0.29) is 23.6 Å². The highest BCUT2D eigenvalue weighted by molar-refractivity contribution is 5.82. The van der Waals surface area contributed by atoms with Crippen molar-refractivity contribution in [1.29, 1.82) is 10.5 Å². The topological polar surface area (TPSA) is 100.0 Å². The number of nitro groups is 1. The molecule has 0 amide bonds. The van der Waals surface area contributed by atoms with Gasteiger partial charge < -0.3 is 4.74 Å². The molecule has 6 heteroatoms. The van der Waals surface area contributed by atoms with Gasteiger partial charge in [-0.2, -0.15) is 10.5 Å². The van der Waals surface area contributed by atoms with Crippen molar-refractivity contribution in [3.05, 3.63) is 80.4 Å². The maximum Gasteiger partial charge on any atom is 0.211 e. The van der Waals surface area contributed by atoms with Crippen LogP contribution >= 0.6 is 0 Å². The fourth-order valence-corrected chi connectivity index (χ4v) is 3.69. The van der Waals surface area contributed by atoms with Gasteiger partial charge in [-0.3, -0.25) is 10.1 Å². The van der Waals surface area contributed by atoms with E-state index in [4.69, 9.17) is 4.74 Å². The second-order valence-electron chi connectivity index (χ2n) is 6.89. The summed E-state index contributed by atoms with van der Waals surface area (Å²) in [5.41, 5.74) is 4.00. The zero-order valence-electron chi connectivity index (χ0n) is 15.7. The van der Waals surface area contributed by atoms with Crippen molar-refractivity contribution in [2.45, 2.75) is 19.8 Å². The SMILES string of the molecule is Cc1cc2c(cc1C)C(=C(C#N)C#N)C(C(C[N+](=O)[O-])c1ccccc1)CO2. The molecule has 0 aliphatic carbocycles. The minimum absolute atomic E-state index is 0.0258. The lowest BCUT2D eigenvalue weighted by Gasteiger charge is -2.33. The third kappa shape index (κ3) is 3.58. The van der Waals surface area contributed by atoms with Crippen molar-refractivity contribution in [3.63, 3.8) is 0 Å². The summed E-state index contributed by atoms with van der Waals surface area (Å²) in [5, 5.41) is 30.6. The summed E-state index contributed by atoms with van der Waals surface area (Å²) in [5.74, 6) is -0.389. The van der Waals surface area contributed by atoms with Crippen LogP contribution < -0.4 is 4.74 Å². The number of fused-ring (bicyclic) bond motifs is 1. The third-order valence-corrected chi connectivity index (χ3v) is 5.23. The van der Waals surface area contributed by atoms with Crippen molar-refractivity contribution in [3.8, 4) is 17.9 Å². The predicted molar refractivity (Wildman–Crippen MR) is 104 cm³/mol. The average Bonchev–Trinajstić information content (AvgIpc) is 2.69. The highest BCUT2D eigenvalue weighted by Crippen LogP contribution is 2.45. The van der Waals surface area contributed by atoms with Crippen molar-refractivity contribution in [1.82, 2.24) is 0 Å². The molecule has 28 heavy (non-hydrogen) atoms. The first-order chi connectivity index (χ1) is 13.5. The fourth-order valence-electron chi connectivity index (χ4n) is 3.69. The van der Waals surface area contributed by atoms with E-state index >= 15 is 0 Å². The van der Waals surface area contributed by atoms with Crippen molar-refractivity contribution in [2.24, 2.45) is 5.92 Å². The quantitative estimate of drug-likeness (QED) is 0.455. The second kappa shape index (κ2) is 7.94. The van der Waals surface area contributed by atoms with Gasteiger partial charge in [0.25, 0.3) is 0 Å². The Hall–Kier alpha value is -3.64. The van der Waals surface area contributed by atoms with Crippen molar-refractivity contribution in [2.75, 3.05) is 13.2 Å². The van der Waals surface area contributed by atoms with Crippen molar-refractivity contribution < 1.29 is 9.66 Å². The lowest BCUT2D eigenvalue weighted by Crippen LogP contribution is -2.31. The standard InChI is InChI=1S/C22H19N3O3/c1-14-8-18-21(9-15(14)2)28-13-20(22(18)17(10-23)11-24)19(12-25(26)27)16-6-4-3-5-7-16/h3-9,19-20H,12-13H2,1-2H3. The summed E-state index contributed by atoms with van der Waals surface area (Å²) >= 11 is 0. The minimum atomic E-state index is -0.516. The van der Waals surface area contributed by atoms with Gasteiger partial charge in [0.2, 0.25) is 6.54 Å².